The van der Waals surface area contributed by atoms with Gasteiger partial charge in [0.05, 0.1) is 18.3 Å². The number of benzene rings is 2. The van der Waals surface area contributed by atoms with Crippen LogP contribution >= 0.6 is 0 Å². The average molecular weight is 489 g/mol. The minimum atomic E-state index is -0.882. The smallest absolute Gasteiger partial charge is 0.238 e. The van der Waals surface area contributed by atoms with Crippen LogP contribution in [-0.2, 0) is 9.59 Å². The number of primary amides is 1. The van der Waals surface area contributed by atoms with E-state index >= 15 is 0 Å². The Morgan fingerprint density at radius 2 is 2.11 bits per heavy atom. The molecule has 2 aromatic carbocycles. The first kappa shape index (κ1) is 23.9. The molecule has 3 heterocycles. The Morgan fingerprint density at radius 1 is 1.31 bits per heavy atom. The maximum absolute atomic E-state index is 13.5. The van der Waals surface area contributed by atoms with E-state index in [1.807, 2.05) is 55.5 Å². The maximum Gasteiger partial charge on any atom is 0.238 e. The highest BCUT2D eigenvalue weighted by molar-refractivity contribution is 6.01. The number of nitrogens with zero attached hydrogens (tertiary/aromatic N) is 2. The van der Waals surface area contributed by atoms with Crippen LogP contribution in [0.25, 0.3) is 10.9 Å². The van der Waals surface area contributed by atoms with Crippen molar-refractivity contribution in [1.82, 2.24) is 9.88 Å². The molecule has 3 aromatic rings. The number of amides is 2. The lowest BCUT2D eigenvalue weighted by atomic mass is 9.73. The summed E-state index contributed by atoms with van der Waals surface area (Å²) in [6.45, 7) is 4.50. The molecule has 4 unspecified atom stereocenters. The average Bonchev–Trinajstić information content (AvgIpc) is 2.85. The number of hydrogen-bond donors (Lipinski definition) is 2. The molecule has 1 aromatic heterocycles. The number of nitrogens with one attached hydrogen (secondary N) is 1. The fourth-order valence-electron chi connectivity index (χ4n) is 5.66. The Morgan fingerprint density at radius 3 is 2.89 bits per heavy atom. The van der Waals surface area contributed by atoms with Crippen molar-refractivity contribution in [2.75, 3.05) is 19.0 Å². The van der Waals surface area contributed by atoms with E-state index in [0.29, 0.717) is 18.7 Å². The summed E-state index contributed by atoms with van der Waals surface area (Å²) in [5, 5.41) is 4.55. The first-order valence-corrected chi connectivity index (χ1v) is 12.4. The molecule has 8 nitrogen and oxygen atoms in total. The zero-order valence-corrected chi connectivity index (χ0v) is 20.9. The zero-order valence-electron chi connectivity index (χ0n) is 20.9. The maximum atomic E-state index is 13.5. The predicted octanol–water partition coefficient (Wildman–Crippen LogP) is 4.05. The molecule has 0 radical (unpaired) electrons. The van der Waals surface area contributed by atoms with E-state index in [4.69, 9.17) is 15.2 Å². The third-order valence-corrected chi connectivity index (χ3v) is 7.39. The highest BCUT2D eigenvalue weighted by Crippen LogP contribution is 2.50. The number of aromatic nitrogens is 1. The van der Waals surface area contributed by atoms with Crippen molar-refractivity contribution in [1.29, 1.82) is 0 Å². The highest BCUT2D eigenvalue weighted by Gasteiger charge is 2.55. The Balaban J connectivity index is 1.30. The van der Waals surface area contributed by atoms with Gasteiger partial charge in [0.2, 0.25) is 11.8 Å². The van der Waals surface area contributed by atoms with Gasteiger partial charge in [0.15, 0.2) is 5.72 Å². The number of pyridine rings is 1. The molecule has 188 valence electrons. The van der Waals surface area contributed by atoms with Crippen LogP contribution in [0.2, 0.25) is 0 Å². The third-order valence-electron chi connectivity index (χ3n) is 7.39. The zero-order chi connectivity index (χ0) is 25.4. The summed E-state index contributed by atoms with van der Waals surface area (Å²) < 4.78 is 11.8. The number of carbonyl (C=O) groups excluding carboxylic acids is 2. The lowest BCUT2D eigenvalue weighted by Gasteiger charge is -2.52. The second-order valence-electron chi connectivity index (χ2n) is 9.93. The van der Waals surface area contributed by atoms with Crippen LogP contribution in [0.1, 0.15) is 44.6 Å². The van der Waals surface area contributed by atoms with Crippen molar-refractivity contribution in [2.24, 2.45) is 11.7 Å². The molecular weight excluding hydrogens is 456 g/mol. The molecule has 2 aliphatic rings. The number of anilines is 1. The van der Waals surface area contributed by atoms with Gasteiger partial charge in [-0.15, -0.1) is 0 Å². The molecule has 4 atom stereocenters. The molecule has 5 rings (SSSR count). The van der Waals surface area contributed by atoms with Gasteiger partial charge in [-0.3, -0.25) is 14.6 Å². The van der Waals surface area contributed by atoms with E-state index in [-0.39, 0.29) is 17.9 Å². The quantitative estimate of drug-likeness (QED) is 0.463. The number of para-hydroxylation sites is 1. The van der Waals surface area contributed by atoms with Gasteiger partial charge in [0.1, 0.15) is 17.4 Å². The van der Waals surface area contributed by atoms with Gasteiger partial charge < -0.3 is 25.4 Å². The van der Waals surface area contributed by atoms with Gasteiger partial charge in [-0.05, 0) is 50.5 Å². The Labute approximate surface area is 210 Å². The number of piperidine rings is 1. The molecule has 2 amide bonds. The minimum absolute atomic E-state index is 0.114. The fourth-order valence-corrected chi connectivity index (χ4v) is 5.66. The first-order valence-electron chi connectivity index (χ1n) is 12.4. The van der Waals surface area contributed by atoms with Crippen molar-refractivity contribution in [3.63, 3.8) is 0 Å². The van der Waals surface area contributed by atoms with E-state index in [2.05, 4.69) is 17.2 Å². The number of nitrogens with two attached hydrogens (primary N) is 1. The molecule has 0 saturated carbocycles. The van der Waals surface area contributed by atoms with Crippen LogP contribution in [0, 0.1) is 5.92 Å². The van der Waals surface area contributed by atoms with E-state index in [1.165, 1.54) is 0 Å². The van der Waals surface area contributed by atoms with Crippen molar-refractivity contribution in [3.05, 3.63) is 60.3 Å². The molecule has 8 heteroatoms. The molecule has 0 spiro atoms. The van der Waals surface area contributed by atoms with Crippen molar-refractivity contribution in [2.45, 2.75) is 50.8 Å². The van der Waals surface area contributed by atoms with Gasteiger partial charge in [-0.2, -0.15) is 0 Å². The summed E-state index contributed by atoms with van der Waals surface area (Å²) in [5.41, 5.74) is 7.59. The summed E-state index contributed by atoms with van der Waals surface area (Å²) in [6, 6.07) is 15.6. The SMILES string of the molecule is COc1cc(NC(C)CCCN2C(=O)C(C(N)=O)C3CC2(C)Oc2ccccc23)c2ncccc2c1. The monoisotopic (exact) mass is 488 g/mol. The standard InChI is InChI=1S/C28H32N4O4/c1-17(31-22-15-19(35-3)14-18-9-6-12-30-25(18)22)8-7-13-32-27(34)24(26(29)33)21-16-28(32,2)36-23-11-5-4-10-20(21)23/h4-6,9-12,14-15,17,21,24,31H,7-8,13,16H2,1-3H3,(H2,29,33). The number of likely N-dealkylation sites (tertiary alicyclic amines) is 1. The molecular formula is C28H32N4O4. The number of ether oxygens (including phenoxy) is 2. The summed E-state index contributed by atoms with van der Waals surface area (Å²) in [5.74, 6) is -0.504. The number of methoxy groups -OCH3 is 1. The normalized spacial score (nSPS) is 23.5. The first-order chi connectivity index (χ1) is 17.3. The Hall–Kier alpha value is -3.81. The summed E-state index contributed by atoms with van der Waals surface area (Å²) >= 11 is 0. The molecule has 3 N–H and O–H groups in total. The van der Waals surface area contributed by atoms with Crippen LogP contribution in [0.5, 0.6) is 11.5 Å². The van der Waals surface area contributed by atoms with Crippen molar-refractivity contribution < 1.29 is 19.1 Å². The fraction of sp³-hybridized carbons (Fsp3) is 0.393. The summed E-state index contributed by atoms with van der Waals surface area (Å²) in [4.78, 5) is 32.1. The van der Waals surface area contributed by atoms with E-state index in [0.717, 1.165) is 40.7 Å². The lowest BCUT2D eigenvalue weighted by Crippen LogP contribution is -2.64. The van der Waals surface area contributed by atoms with E-state index < -0.39 is 17.6 Å². The minimum Gasteiger partial charge on any atom is -0.497 e. The summed E-state index contributed by atoms with van der Waals surface area (Å²) in [6.07, 6.45) is 3.84. The van der Waals surface area contributed by atoms with Crippen molar-refractivity contribution >= 4 is 28.4 Å². The second kappa shape index (κ2) is 9.33. The lowest BCUT2D eigenvalue weighted by molar-refractivity contribution is -0.175. The van der Waals surface area contributed by atoms with Crippen LogP contribution in [-0.4, -0.2) is 47.1 Å². The molecule has 2 bridgehead atoms. The van der Waals surface area contributed by atoms with Crippen molar-refractivity contribution in [3.8, 4) is 11.5 Å². The van der Waals surface area contributed by atoms with Crippen LogP contribution < -0.4 is 20.5 Å². The number of fused-ring (bicyclic) bond motifs is 5. The number of carbonyl (C=O) groups is 2. The third kappa shape index (κ3) is 4.21. The molecule has 36 heavy (non-hydrogen) atoms. The van der Waals surface area contributed by atoms with Gasteiger partial charge in [-0.25, -0.2) is 0 Å². The largest absolute Gasteiger partial charge is 0.497 e. The second-order valence-corrected chi connectivity index (χ2v) is 9.93. The van der Waals surface area contributed by atoms with E-state index in [1.54, 1.807) is 18.2 Å². The Bertz CT molecular complexity index is 1310. The predicted molar refractivity (Wildman–Crippen MR) is 138 cm³/mol. The van der Waals surface area contributed by atoms with Crippen LogP contribution in [0.3, 0.4) is 0 Å². The Kier molecular flexibility index (Phi) is 6.20. The molecule has 1 fully saturated rings. The number of rotatable bonds is 8. The van der Waals surface area contributed by atoms with Gasteiger partial charge in [0, 0.05) is 42.6 Å². The molecule has 1 saturated heterocycles. The van der Waals surface area contributed by atoms with Crippen LogP contribution in [0.15, 0.2) is 54.7 Å². The summed E-state index contributed by atoms with van der Waals surface area (Å²) in [7, 11) is 1.65. The van der Waals surface area contributed by atoms with Gasteiger partial charge in [-0.1, -0.05) is 24.3 Å². The molecule has 0 aliphatic carbocycles. The number of hydrogen-bond acceptors (Lipinski definition) is 6. The van der Waals surface area contributed by atoms with Gasteiger partial charge in [0.25, 0.3) is 0 Å². The highest BCUT2D eigenvalue weighted by atomic mass is 16.5. The van der Waals surface area contributed by atoms with Crippen LogP contribution in [0.4, 0.5) is 5.69 Å². The van der Waals surface area contributed by atoms with Gasteiger partial charge >= 0.3 is 0 Å². The topological polar surface area (TPSA) is 107 Å². The molecule has 2 aliphatic heterocycles. The van der Waals surface area contributed by atoms with E-state index in [9.17, 15) is 9.59 Å².